The van der Waals surface area contributed by atoms with Gasteiger partial charge >= 0.3 is 0 Å². The maximum atomic E-state index is 12.1. The molecule has 1 aromatic rings. The van der Waals surface area contributed by atoms with Crippen molar-refractivity contribution in [3.05, 3.63) is 24.3 Å². The molecule has 0 aliphatic heterocycles. The maximum absolute atomic E-state index is 12.1. The molecular weight excluding hydrogens is 228 g/mol. The van der Waals surface area contributed by atoms with Gasteiger partial charge in [0.05, 0.1) is 6.10 Å². The van der Waals surface area contributed by atoms with E-state index in [0.29, 0.717) is 12.2 Å². The molecule has 18 heavy (non-hydrogen) atoms. The van der Waals surface area contributed by atoms with Crippen LogP contribution in [0.2, 0.25) is 0 Å². The van der Waals surface area contributed by atoms with Crippen molar-refractivity contribution >= 4 is 17.3 Å². The lowest BCUT2D eigenvalue weighted by atomic mass is 10.2. The molecule has 0 aromatic heterocycles. The van der Waals surface area contributed by atoms with Crippen LogP contribution in [0.4, 0.5) is 11.4 Å². The number of nitrogens with zero attached hydrogens (tertiary/aromatic N) is 1. The van der Waals surface area contributed by atoms with Gasteiger partial charge in [0.25, 0.3) is 5.91 Å². The van der Waals surface area contributed by atoms with Crippen molar-refractivity contribution in [2.24, 2.45) is 0 Å². The molecule has 0 bridgehead atoms. The molecule has 0 unspecified atom stereocenters. The average molecular weight is 250 g/mol. The first-order valence-electron chi connectivity index (χ1n) is 6.32. The molecule has 0 heterocycles. The summed E-state index contributed by atoms with van der Waals surface area (Å²) < 4.78 is 5.36. The number of nitrogen functional groups attached to an aromatic ring is 1. The summed E-state index contributed by atoms with van der Waals surface area (Å²) in [4.78, 5) is 13.8. The largest absolute Gasteiger partial charge is 0.399 e. The van der Waals surface area contributed by atoms with Gasteiger partial charge in [0, 0.05) is 17.9 Å². The molecule has 0 radical (unpaired) electrons. The molecule has 2 N–H and O–H groups in total. The summed E-state index contributed by atoms with van der Waals surface area (Å²) in [6, 6.07) is 7.32. The second kappa shape index (κ2) is 7.01. The molecule has 0 atom stereocenters. The number of anilines is 2. The number of hydrogen-bond acceptors (Lipinski definition) is 3. The standard InChI is InChI=1S/C14H22N2O2/c1-4-9-16(14(17)10-18-11(2)3)13-7-5-12(15)6-8-13/h5-8,11H,4,9-10,15H2,1-3H3. The highest BCUT2D eigenvalue weighted by molar-refractivity contribution is 5.94. The first kappa shape index (κ1) is 14.5. The molecule has 1 rings (SSSR count). The number of nitrogens with two attached hydrogens (primary N) is 1. The molecule has 1 aromatic carbocycles. The van der Waals surface area contributed by atoms with Crippen LogP contribution in [0.3, 0.4) is 0 Å². The monoisotopic (exact) mass is 250 g/mol. The van der Waals surface area contributed by atoms with E-state index in [1.54, 1.807) is 17.0 Å². The highest BCUT2D eigenvalue weighted by Gasteiger charge is 2.15. The Kier molecular flexibility index (Phi) is 5.65. The summed E-state index contributed by atoms with van der Waals surface area (Å²) in [6.07, 6.45) is 0.960. The van der Waals surface area contributed by atoms with Crippen LogP contribution in [-0.2, 0) is 9.53 Å². The lowest BCUT2D eigenvalue weighted by Crippen LogP contribution is -2.35. The van der Waals surface area contributed by atoms with Gasteiger partial charge in [-0.15, -0.1) is 0 Å². The third kappa shape index (κ3) is 4.37. The second-order valence-electron chi connectivity index (χ2n) is 4.50. The molecule has 4 heteroatoms. The van der Waals surface area contributed by atoms with E-state index in [1.165, 1.54) is 0 Å². The van der Waals surface area contributed by atoms with E-state index in [9.17, 15) is 4.79 Å². The van der Waals surface area contributed by atoms with Crippen LogP contribution in [0.25, 0.3) is 0 Å². The molecule has 100 valence electrons. The van der Waals surface area contributed by atoms with Gasteiger partial charge in [-0.2, -0.15) is 0 Å². The Labute approximate surface area is 109 Å². The lowest BCUT2D eigenvalue weighted by Gasteiger charge is -2.23. The van der Waals surface area contributed by atoms with E-state index < -0.39 is 0 Å². The van der Waals surface area contributed by atoms with Gasteiger partial charge in [-0.1, -0.05) is 6.92 Å². The van der Waals surface area contributed by atoms with Crippen molar-refractivity contribution in [1.82, 2.24) is 0 Å². The Morgan fingerprint density at radius 2 is 1.94 bits per heavy atom. The summed E-state index contributed by atoms with van der Waals surface area (Å²) in [5.41, 5.74) is 7.21. The van der Waals surface area contributed by atoms with E-state index in [-0.39, 0.29) is 18.6 Å². The minimum absolute atomic E-state index is 0.0182. The topological polar surface area (TPSA) is 55.6 Å². The number of benzene rings is 1. The molecule has 4 nitrogen and oxygen atoms in total. The zero-order chi connectivity index (χ0) is 13.5. The highest BCUT2D eigenvalue weighted by Crippen LogP contribution is 2.17. The molecule has 0 spiro atoms. The summed E-state index contributed by atoms with van der Waals surface area (Å²) in [6.45, 7) is 6.68. The molecule has 0 aliphatic carbocycles. The molecular formula is C14H22N2O2. The predicted molar refractivity (Wildman–Crippen MR) is 74.6 cm³/mol. The van der Waals surface area contributed by atoms with E-state index in [1.807, 2.05) is 32.9 Å². The number of carbonyl (C=O) groups excluding carboxylic acids is 1. The number of ether oxygens (including phenoxy) is 1. The Bertz CT molecular complexity index is 374. The number of hydrogen-bond donors (Lipinski definition) is 1. The van der Waals surface area contributed by atoms with Gasteiger partial charge in [0.2, 0.25) is 0 Å². The minimum Gasteiger partial charge on any atom is -0.399 e. The van der Waals surface area contributed by atoms with Gasteiger partial charge in [0.15, 0.2) is 0 Å². The van der Waals surface area contributed by atoms with Crippen LogP contribution in [-0.4, -0.2) is 25.2 Å². The third-order valence-corrected chi connectivity index (χ3v) is 2.49. The summed E-state index contributed by atoms with van der Waals surface area (Å²) in [5.74, 6) is -0.0182. The zero-order valence-corrected chi connectivity index (χ0v) is 11.3. The van der Waals surface area contributed by atoms with Crippen LogP contribution in [0, 0.1) is 0 Å². The maximum Gasteiger partial charge on any atom is 0.252 e. The SMILES string of the molecule is CCCN(C(=O)COC(C)C)c1ccc(N)cc1. The van der Waals surface area contributed by atoms with Crippen molar-refractivity contribution < 1.29 is 9.53 Å². The fourth-order valence-electron chi connectivity index (χ4n) is 1.59. The summed E-state index contributed by atoms with van der Waals surface area (Å²) >= 11 is 0. The fourth-order valence-corrected chi connectivity index (χ4v) is 1.59. The first-order chi connectivity index (χ1) is 8.54. The summed E-state index contributed by atoms with van der Waals surface area (Å²) in [7, 11) is 0. The van der Waals surface area contributed by atoms with Gasteiger partial charge in [-0.3, -0.25) is 4.79 Å². The zero-order valence-electron chi connectivity index (χ0n) is 11.3. The van der Waals surface area contributed by atoms with E-state index in [0.717, 1.165) is 12.1 Å². The summed E-state index contributed by atoms with van der Waals surface area (Å²) in [5, 5.41) is 0. The Morgan fingerprint density at radius 1 is 1.33 bits per heavy atom. The van der Waals surface area contributed by atoms with E-state index in [4.69, 9.17) is 10.5 Å². The van der Waals surface area contributed by atoms with Gasteiger partial charge in [-0.05, 0) is 44.5 Å². The number of rotatable bonds is 6. The van der Waals surface area contributed by atoms with Gasteiger partial charge < -0.3 is 15.4 Å². The molecule has 0 saturated heterocycles. The van der Waals surface area contributed by atoms with Crippen molar-refractivity contribution in [3.63, 3.8) is 0 Å². The van der Waals surface area contributed by atoms with Crippen LogP contribution >= 0.6 is 0 Å². The van der Waals surface area contributed by atoms with Crippen LogP contribution in [0.15, 0.2) is 24.3 Å². The smallest absolute Gasteiger partial charge is 0.252 e. The number of amides is 1. The second-order valence-corrected chi connectivity index (χ2v) is 4.50. The van der Waals surface area contributed by atoms with Crippen molar-refractivity contribution in [3.8, 4) is 0 Å². The quantitative estimate of drug-likeness (QED) is 0.789. The normalized spacial score (nSPS) is 10.7. The highest BCUT2D eigenvalue weighted by atomic mass is 16.5. The number of carbonyl (C=O) groups is 1. The predicted octanol–water partition coefficient (Wildman–Crippen LogP) is 2.44. The van der Waals surface area contributed by atoms with Gasteiger partial charge in [0.1, 0.15) is 6.61 Å². The van der Waals surface area contributed by atoms with Crippen molar-refractivity contribution in [2.45, 2.75) is 33.3 Å². The van der Waals surface area contributed by atoms with Crippen molar-refractivity contribution in [2.75, 3.05) is 23.8 Å². The minimum atomic E-state index is -0.0182. The molecule has 0 aliphatic rings. The van der Waals surface area contributed by atoms with Gasteiger partial charge in [-0.25, -0.2) is 0 Å². The Morgan fingerprint density at radius 3 is 2.44 bits per heavy atom. The Balaban J connectivity index is 2.75. The first-order valence-corrected chi connectivity index (χ1v) is 6.32. The van der Waals surface area contributed by atoms with Crippen LogP contribution in [0.1, 0.15) is 27.2 Å². The third-order valence-electron chi connectivity index (χ3n) is 2.49. The van der Waals surface area contributed by atoms with E-state index >= 15 is 0 Å². The lowest BCUT2D eigenvalue weighted by molar-refractivity contribution is -0.124. The average Bonchev–Trinajstić information content (AvgIpc) is 2.34. The molecule has 0 fully saturated rings. The Hall–Kier alpha value is -1.55. The van der Waals surface area contributed by atoms with Crippen molar-refractivity contribution in [1.29, 1.82) is 0 Å². The molecule has 1 amide bonds. The van der Waals surface area contributed by atoms with E-state index in [2.05, 4.69) is 0 Å². The molecule has 0 saturated carbocycles. The fraction of sp³-hybridized carbons (Fsp3) is 0.500. The van der Waals surface area contributed by atoms with Crippen LogP contribution in [0.5, 0.6) is 0 Å². The van der Waals surface area contributed by atoms with Crippen LogP contribution < -0.4 is 10.6 Å².